The molecule has 1 N–H and O–H groups in total. The fourth-order valence-corrected chi connectivity index (χ4v) is 3.66. The molecule has 2 unspecified atom stereocenters. The number of anilines is 1. The lowest BCUT2D eigenvalue weighted by atomic mass is 9.78. The van der Waals surface area contributed by atoms with Crippen molar-refractivity contribution in [3.63, 3.8) is 0 Å². The molecular weight excluding hydrogens is 240 g/mol. The van der Waals surface area contributed by atoms with E-state index < -0.39 is 5.97 Å². The summed E-state index contributed by atoms with van der Waals surface area (Å²) < 4.78 is 0. The number of carboxylic acid groups (broad SMARTS) is 1. The number of piperidine rings is 1. The number of rotatable bonds is 2. The number of hydrogen-bond donors (Lipinski definition) is 1. The first-order chi connectivity index (χ1) is 9.25. The van der Waals surface area contributed by atoms with Crippen molar-refractivity contribution in [1.29, 1.82) is 0 Å². The minimum absolute atomic E-state index is 0.149. The largest absolute Gasteiger partial charge is 0.477 e. The van der Waals surface area contributed by atoms with Gasteiger partial charge in [-0.2, -0.15) is 0 Å². The molecule has 0 aromatic carbocycles. The van der Waals surface area contributed by atoms with Gasteiger partial charge in [0.05, 0.1) is 0 Å². The number of carbonyl (C=O) groups is 1. The fraction of sp³-hybridized carbons (Fsp3) is 0.600. The summed E-state index contributed by atoms with van der Waals surface area (Å²) in [6, 6.07) is 4.27. The highest BCUT2D eigenvalue weighted by Gasteiger charge is 2.33. The molecule has 1 aliphatic heterocycles. The normalized spacial score (nSPS) is 26.8. The van der Waals surface area contributed by atoms with E-state index in [0.29, 0.717) is 6.04 Å². The number of fused-ring (bicyclic) bond motifs is 1. The van der Waals surface area contributed by atoms with E-state index in [0.717, 1.165) is 18.2 Å². The third-order valence-electron chi connectivity index (χ3n) is 4.54. The number of carboxylic acids is 1. The van der Waals surface area contributed by atoms with Crippen LogP contribution in [-0.4, -0.2) is 28.6 Å². The molecule has 2 heterocycles. The van der Waals surface area contributed by atoms with Gasteiger partial charge in [-0.05, 0) is 43.7 Å². The molecule has 1 aliphatic carbocycles. The first-order valence-corrected chi connectivity index (χ1v) is 7.22. The van der Waals surface area contributed by atoms with Crippen LogP contribution in [0.25, 0.3) is 0 Å². The van der Waals surface area contributed by atoms with Crippen molar-refractivity contribution >= 4 is 11.7 Å². The number of nitrogens with zero attached hydrogens (tertiary/aromatic N) is 2. The van der Waals surface area contributed by atoms with Crippen LogP contribution in [-0.2, 0) is 0 Å². The third-order valence-corrected chi connectivity index (χ3v) is 4.54. The first kappa shape index (κ1) is 12.5. The molecule has 4 heteroatoms. The van der Waals surface area contributed by atoms with Crippen molar-refractivity contribution in [3.8, 4) is 0 Å². The van der Waals surface area contributed by atoms with Crippen LogP contribution in [0, 0.1) is 5.92 Å². The van der Waals surface area contributed by atoms with Gasteiger partial charge in [0.15, 0.2) is 0 Å². The van der Waals surface area contributed by atoms with Gasteiger partial charge in [-0.3, -0.25) is 0 Å². The lowest BCUT2D eigenvalue weighted by Crippen LogP contribution is -2.47. The standard InChI is InChI=1S/C15H20N2O2/c18-15(19)13-10-12(7-8-16-13)17-9-3-5-11-4-1-2-6-14(11)17/h7-8,10-11,14H,1-6,9H2,(H,18,19). The van der Waals surface area contributed by atoms with Crippen molar-refractivity contribution in [3.05, 3.63) is 24.0 Å². The average Bonchev–Trinajstić information content (AvgIpc) is 2.47. The molecule has 1 aromatic rings. The van der Waals surface area contributed by atoms with E-state index in [1.807, 2.05) is 6.07 Å². The zero-order valence-corrected chi connectivity index (χ0v) is 11.1. The average molecular weight is 260 g/mol. The molecule has 2 fully saturated rings. The summed E-state index contributed by atoms with van der Waals surface area (Å²) in [5.74, 6) is -0.150. The van der Waals surface area contributed by atoms with Crippen molar-refractivity contribution in [2.45, 2.75) is 44.6 Å². The van der Waals surface area contributed by atoms with Gasteiger partial charge in [0.1, 0.15) is 5.69 Å². The Hall–Kier alpha value is -1.58. The van der Waals surface area contributed by atoms with Crippen molar-refractivity contribution in [2.75, 3.05) is 11.4 Å². The Labute approximate surface area is 113 Å². The van der Waals surface area contributed by atoms with Crippen LogP contribution in [0.5, 0.6) is 0 Å². The molecule has 4 nitrogen and oxygen atoms in total. The van der Waals surface area contributed by atoms with Gasteiger partial charge in [-0.15, -0.1) is 0 Å². The van der Waals surface area contributed by atoms with E-state index in [1.54, 1.807) is 12.3 Å². The third kappa shape index (κ3) is 2.44. The van der Waals surface area contributed by atoms with E-state index in [2.05, 4.69) is 9.88 Å². The SMILES string of the molecule is O=C(O)c1cc(N2CCCC3CCCCC32)ccn1. The Morgan fingerprint density at radius 2 is 2.05 bits per heavy atom. The van der Waals surface area contributed by atoms with Gasteiger partial charge in [-0.25, -0.2) is 9.78 Å². The molecule has 19 heavy (non-hydrogen) atoms. The summed E-state index contributed by atoms with van der Waals surface area (Å²) in [6.07, 6.45) is 9.39. The van der Waals surface area contributed by atoms with Crippen LogP contribution in [0.4, 0.5) is 5.69 Å². The minimum Gasteiger partial charge on any atom is -0.477 e. The van der Waals surface area contributed by atoms with E-state index in [1.165, 1.54) is 38.5 Å². The summed E-state index contributed by atoms with van der Waals surface area (Å²) in [5, 5.41) is 9.06. The number of aromatic carboxylic acids is 1. The lowest BCUT2D eigenvalue weighted by molar-refractivity contribution is 0.0690. The molecule has 2 aliphatic rings. The number of pyridine rings is 1. The van der Waals surface area contributed by atoms with E-state index in [9.17, 15) is 4.79 Å². The highest BCUT2D eigenvalue weighted by molar-refractivity contribution is 5.86. The van der Waals surface area contributed by atoms with E-state index in [-0.39, 0.29) is 5.69 Å². The van der Waals surface area contributed by atoms with Crippen LogP contribution in [0.15, 0.2) is 18.3 Å². The molecule has 0 amide bonds. The molecule has 1 saturated carbocycles. The van der Waals surface area contributed by atoms with Crippen LogP contribution < -0.4 is 4.90 Å². The molecule has 2 atom stereocenters. The first-order valence-electron chi connectivity index (χ1n) is 7.22. The minimum atomic E-state index is -0.945. The van der Waals surface area contributed by atoms with E-state index in [4.69, 9.17) is 5.11 Å². The smallest absolute Gasteiger partial charge is 0.354 e. The van der Waals surface area contributed by atoms with Crippen LogP contribution in [0.1, 0.15) is 49.0 Å². The van der Waals surface area contributed by atoms with Gasteiger partial charge in [0, 0.05) is 24.5 Å². The van der Waals surface area contributed by atoms with E-state index >= 15 is 0 Å². The molecule has 3 rings (SSSR count). The topological polar surface area (TPSA) is 53.4 Å². The monoisotopic (exact) mass is 260 g/mol. The molecule has 1 saturated heterocycles. The molecule has 0 spiro atoms. The van der Waals surface area contributed by atoms with Gasteiger partial charge < -0.3 is 10.0 Å². The predicted octanol–water partition coefficient (Wildman–Crippen LogP) is 2.94. The summed E-state index contributed by atoms with van der Waals surface area (Å²) in [4.78, 5) is 17.4. The lowest BCUT2D eigenvalue weighted by Gasteiger charge is -2.45. The van der Waals surface area contributed by atoms with Gasteiger partial charge in [0.2, 0.25) is 0 Å². The summed E-state index contributed by atoms with van der Waals surface area (Å²) in [7, 11) is 0. The van der Waals surface area contributed by atoms with Crippen molar-refractivity contribution < 1.29 is 9.90 Å². The van der Waals surface area contributed by atoms with Gasteiger partial charge >= 0.3 is 5.97 Å². The molecular formula is C15H20N2O2. The second-order valence-electron chi connectivity index (χ2n) is 5.65. The molecule has 1 aromatic heterocycles. The highest BCUT2D eigenvalue weighted by Crippen LogP contribution is 2.37. The highest BCUT2D eigenvalue weighted by atomic mass is 16.4. The zero-order valence-electron chi connectivity index (χ0n) is 11.1. The summed E-state index contributed by atoms with van der Waals surface area (Å²) in [5.41, 5.74) is 1.18. The van der Waals surface area contributed by atoms with Crippen molar-refractivity contribution in [2.24, 2.45) is 5.92 Å². The summed E-state index contributed by atoms with van der Waals surface area (Å²) in [6.45, 7) is 1.05. The van der Waals surface area contributed by atoms with Crippen LogP contribution in [0.2, 0.25) is 0 Å². The molecule has 102 valence electrons. The van der Waals surface area contributed by atoms with Crippen LogP contribution in [0.3, 0.4) is 0 Å². The molecule has 0 radical (unpaired) electrons. The van der Waals surface area contributed by atoms with Crippen molar-refractivity contribution in [1.82, 2.24) is 4.98 Å². The maximum absolute atomic E-state index is 11.0. The number of hydrogen-bond acceptors (Lipinski definition) is 3. The van der Waals surface area contributed by atoms with Gasteiger partial charge in [-0.1, -0.05) is 12.8 Å². The Morgan fingerprint density at radius 1 is 1.26 bits per heavy atom. The Balaban J connectivity index is 1.87. The van der Waals surface area contributed by atoms with Crippen LogP contribution >= 0.6 is 0 Å². The summed E-state index contributed by atoms with van der Waals surface area (Å²) >= 11 is 0. The fourth-order valence-electron chi connectivity index (χ4n) is 3.66. The Morgan fingerprint density at radius 3 is 2.89 bits per heavy atom. The quantitative estimate of drug-likeness (QED) is 0.888. The zero-order chi connectivity index (χ0) is 13.2. The maximum atomic E-state index is 11.0. The van der Waals surface area contributed by atoms with Gasteiger partial charge in [0.25, 0.3) is 0 Å². The Bertz CT molecular complexity index is 473. The Kier molecular flexibility index (Phi) is 3.40. The molecule has 0 bridgehead atoms. The second-order valence-corrected chi connectivity index (χ2v) is 5.65. The maximum Gasteiger partial charge on any atom is 0.354 e. The number of aromatic nitrogens is 1. The second kappa shape index (κ2) is 5.19. The predicted molar refractivity (Wildman–Crippen MR) is 73.5 cm³/mol.